The topological polar surface area (TPSA) is 58.4 Å². The summed E-state index contributed by atoms with van der Waals surface area (Å²) >= 11 is 0. The molecule has 2 aromatic carbocycles. The molecule has 2 aromatic rings. The quantitative estimate of drug-likeness (QED) is 0.769. The number of nitrogen functional groups attached to an aromatic ring is 1. The number of halogens is 3. The van der Waals surface area contributed by atoms with E-state index in [0.29, 0.717) is 11.3 Å². The van der Waals surface area contributed by atoms with Gasteiger partial charge >= 0.3 is 0 Å². The van der Waals surface area contributed by atoms with Gasteiger partial charge in [0.05, 0.1) is 5.69 Å². The highest BCUT2D eigenvalue weighted by atomic mass is 35.5. The largest absolute Gasteiger partial charge is 0.399 e. The van der Waals surface area contributed by atoms with E-state index in [4.69, 9.17) is 5.73 Å². The van der Waals surface area contributed by atoms with Crippen molar-refractivity contribution in [3.63, 3.8) is 0 Å². The normalized spacial score (nSPS) is 13.0. The highest BCUT2D eigenvalue weighted by molar-refractivity contribution is 6.07. The van der Waals surface area contributed by atoms with Gasteiger partial charge < -0.3 is 16.0 Å². The molecule has 0 bridgehead atoms. The lowest BCUT2D eigenvalue weighted by Gasteiger charge is -2.22. The van der Waals surface area contributed by atoms with Crippen LogP contribution in [0.15, 0.2) is 36.4 Å². The molecule has 0 aliphatic carbocycles. The number of nitrogens with two attached hydrogens (primary N) is 1. The molecule has 1 saturated heterocycles. The fraction of sp³-hybridized carbons (Fsp3) is 0.278. The van der Waals surface area contributed by atoms with E-state index in [0.717, 1.165) is 37.2 Å². The van der Waals surface area contributed by atoms with Gasteiger partial charge in [-0.3, -0.25) is 4.79 Å². The van der Waals surface area contributed by atoms with Crippen LogP contribution in [0.4, 0.5) is 21.5 Å². The van der Waals surface area contributed by atoms with Crippen LogP contribution in [0.25, 0.3) is 0 Å². The zero-order valence-electron chi connectivity index (χ0n) is 13.9. The Kier molecular flexibility index (Phi) is 7.52. The number of para-hydroxylation sites is 1. The highest BCUT2D eigenvalue weighted by Gasteiger charge is 2.20. The molecule has 0 aromatic heterocycles. The van der Waals surface area contributed by atoms with Crippen molar-refractivity contribution >= 4 is 47.8 Å². The molecular weight excluding hydrogens is 364 g/mol. The Hall–Kier alpha value is -1.98. The van der Waals surface area contributed by atoms with Crippen LogP contribution in [0.3, 0.4) is 0 Å². The molecule has 3 N–H and O–H groups in total. The fourth-order valence-electron chi connectivity index (χ4n) is 2.92. The zero-order valence-corrected chi connectivity index (χ0v) is 15.6. The summed E-state index contributed by atoms with van der Waals surface area (Å²) in [5.74, 6) is -0.773. The Labute approximate surface area is 159 Å². The Morgan fingerprint density at radius 1 is 1.16 bits per heavy atom. The minimum Gasteiger partial charge on any atom is -0.399 e. The standard InChI is InChI=1S/C18H20FN3O.2ClH/c1-12-7-8-13(20)11-14(12)18(23)21-17-15(19)5-4-6-16(17)22-9-2-3-10-22;;/h4-8,11H,2-3,9-10,20H2,1H3,(H,21,23);2*1H. The van der Waals surface area contributed by atoms with Crippen LogP contribution >= 0.6 is 24.8 Å². The third-order valence-electron chi connectivity index (χ3n) is 4.18. The van der Waals surface area contributed by atoms with Gasteiger partial charge in [-0.2, -0.15) is 0 Å². The molecule has 0 spiro atoms. The Bertz CT molecular complexity index is 749. The second kappa shape index (κ2) is 8.92. The maximum atomic E-state index is 14.3. The summed E-state index contributed by atoms with van der Waals surface area (Å²) in [4.78, 5) is 14.7. The number of anilines is 3. The average Bonchev–Trinajstić information content (AvgIpc) is 3.05. The van der Waals surface area contributed by atoms with Crippen LogP contribution in [-0.2, 0) is 0 Å². The second-order valence-corrected chi connectivity index (χ2v) is 5.86. The van der Waals surface area contributed by atoms with E-state index in [9.17, 15) is 9.18 Å². The van der Waals surface area contributed by atoms with Crippen molar-refractivity contribution in [2.45, 2.75) is 19.8 Å². The van der Waals surface area contributed by atoms with Gasteiger partial charge in [-0.25, -0.2) is 4.39 Å². The first-order valence-corrected chi connectivity index (χ1v) is 7.77. The summed E-state index contributed by atoms with van der Waals surface area (Å²) in [6.07, 6.45) is 2.16. The van der Waals surface area contributed by atoms with Gasteiger partial charge in [-0.05, 0) is 49.6 Å². The number of carbonyl (C=O) groups is 1. The number of benzene rings is 2. The molecule has 1 amide bonds. The van der Waals surface area contributed by atoms with Gasteiger partial charge in [-0.1, -0.05) is 12.1 Å². The zero-order chi connectivity index (χ0) is 16.4. The minimum absolute atomic E-state index is 0. The summed E-state index contributed by atoms with van der Waals surface area (Å²) < 4.78 is 14.3. The average molecular weight is 386 g/mol. The molecule has 0 atom stereocenters. The van der Waals surface area contributed by atoms with E-state index in [1.54, 1.807) is 24.3 Å². The SMILES string of the molecule is Cc1ccc(N)cc1C(=O)Nc1c(F)cccc1N1CCCC1.Cl.Cl. The molecule has 136 valence electrons. The Morgan fingerprint density at radius 2 is 1.84 bits per heavy atom. The summed E-state index contributed by atoms with van der Waals surface area (Å²) in [5.41, 5.74) is 8.50. The maximum Gasteiger partial charge on any atom is 0.256 e. The van der Waals surface area contributed by atoms with Gasteiger partial charge in [0.25, 0.3) is 5.91 Å². The first-order valence-electron chi connectivity index (χ1n) is 7.77. The molecule has 1 aliphatic rings. The van der Waals surface area contributed by atoms with E-state index < -0.39 is 5.82 Å². The predicted octanol–water partition coefficient (Wildman–Crippen LogP) is 4.41. The third kappa shape index (κ3) is 4.55. The third-order valence-corrected chi connectivity index (χ3v) is 4.18. The number of nitrogens with one attached hydrogen (secondary N) is 1. The second-order valence-electron chi connectivity index (χ2n) is 5.86. The summed E-state index contributed by atoms with van der Waals surface area (Å²) in [6.45, 7) is 3.59. The fourth-order valence-corrected chi connectivity index (χ4v) is 2.92. The van der Waals surface area contributed by atoms with Gasteiger partial charge in [0.15, 0.2) is 0 Å². The number of hydrogen-bond acceptors (Lipinski definition) is 3. The van der Waals surface area contributed by atoms with E-state index in [1.807, 2.05) is 13.0 Å². The smallest absolute Gasteiger partial charge is 0.256 e. The van der Waals surface area contributed by atoms with Crippen LogP contribution in [0.1, 0.15) is 28.8 Å². The minimum atomic E-state index is -0.427. The number of nitrogens with zero attached hydrogens (tertiary/aromatic N) is 1. The van der Waals surface area contributed by atoms with Crippen molar-refractivity contribution in [2.24, 2.45) is 0 Å². The molecule has 1 fully saturated rings. The lowest BCUT2D eigenvalue weighted by Crippen LogP contribution is -2.22. The molecule has 1 heterocycles. The molecule has 0 saturated carbocycles. The van der Waals surface area contributed by atoms with E-state index in [2.05, 4.69) is 10.2 Å². The molecule has 1 aliphatic heterocycles. The number of rotatable bonds is 3. The van der Waals surface area contributed by atoms with Crippen molar-refractivity contribution in [3.8, 4) is 0 Å². The van der Waals surface area contributed by atoms with Crippen molar-refractivity contribution in [1.29, 1.82) is 0 Å². The van der Waals surface area contributed by atoms with E-state index in [1.165, 1.54) is 6.07 Å². The summed E-state index contributed by atoms with van der Waals surface area (Å²) in [5, 5.41) is 2.73. The van der Waals surface area contributed by atoms with Crippen molar-refractivity contribution in [2.75, 3.05) is 29.0 Å². The molecule has 4 nitrogen and oxygen atoms in total. The highest BCUT2D eigenvalue weighted by Crippen LogP contribution is 2.31. The van der Waals surface area contributed by atoms with E-state index >= 15 is 0 Å². The van der Waals surface area contributed by atoms with Crippen LogP contribution in [-0.4, -0.2) is 19.0 Å². The van der Waals surface area contributed by atoms with Gasteiger partial charge in [0.2, 0.25) is 0 Å². The number of carbonyl (C=O) groups excluding carboxylic acids is 1. The van der Waals surface area contributed by atoms with Crippen LogP contribution in [0.2, 0.25) is 0 Å². The first-order chi connectivity index (χ1) is 11.1. The molecule has 25 heavy (non-hydrogen) atoms. The van der Waals surface area contributed by atoms with Crippen molar-refractivity contribution < 1.29 is 9.18 Å². The molecule has 0 radical (unpaired) electrons. The van der Waals surface area contributed by atoms with Crippen LogP contribution < -0.4 is 16.0 Å². The first kappa shape index (κ1) is 21.1. The maximum absolute atomic E-state index is 14.3. The van der Waals surface area contributed by atoms with Gasteiger partial charge in [0, 0.05) is 24.3 Å². The lowest BCUT2D eigenvalue weighted by atomic mass is 10.1. The van der Waals surface area contributed by atoms with Gasteiger partial charge in [0.1, 0.15) is 11.5 Å². The predicted molar refractivity (Wildman–Crippen MR) is 106 cm³/mol. The summed E-state index contributed by atoms with van der Waals surface area (Å²) in [7, 11) is 0. The Morgan fingerprint density at radius 3 is 2.52 bits per heavy atom. The van der Waals surface area contributed by atoms with Crippen LogP contribution in [0.5, 0.6) is 0 Å². The van der Waals surface area contributed by atoms with Crippen molar-refractivity contribution in [3.05, 3.63) is 53.3 Å². The van der Waals surface area contributed by atoms with Gasteiger partial charge in [-0.15, -0.1) is 24.8 Å². The Balaban J connectivity index is 0.00000156. The molecule has 7 heteroatoms. The monoisotopic (exact) mass is 385 g/mol. The van der Waals surface area contributed by atoms with Crippen LogP contribution in [0, 0.1) is 12.7 Å². The molecule has 3 rings (SSSR count). The molecule has 0 unspecified atom stereocenters. The number of aryl methyl sites for hydroxylation is 1. The number of amides is 1. The molecular formula is C18H22Cl2FN3O. The van der Waals surface area contributed by atoms with Crippen molar-refractivity contribution in [1.82, 2.24) is 0 Å². The number of hydrogen-bond donors (Lipinski definition) is 2. The lowest BCUT2D eigenvalue weighted by molar-refractivity contribution is 0.102. The van der Waals surface area contributed by atoms with E-state index in [-0.39, 0.29) is 36.4 Å². The summed E-state index contributed by atoms with van der Waals surface area (Å²) in [6, 6.07) is 10.0.